The minimum absolute atomic E-state index is 0.0193. The van der Waals surface area contributed by atoms with E-state index in [0.29, 0.717) is 12.8 Å². The highest BCUT2D eigenvalue weighted by atomic mass is 16.2. The van der Waals surface area contributed by atoms with Crippen molar-refractivity contribution in [2.75, 3.05) is 16.8 Å². The molecule has 5 rings (SSSR count). The van der Waals surface area contributed by atoms with Gasteiger partial charge in [-0.15, -0.1) is 0 Å². The zero-order valence-electron chi connectivity index (χ0n) is 16.9. The third-order valence-corrected chi connectivity index (χ3v) is 5.98. The highest BCUT2D eigenvalue weighted by molar-refractivity contribution is 5.99. The Morgan fingerprint density at radius 3 is 2.33 bits per heavy atom. The van der Waals surface area contributed by atoms with Gasteiger partial charge in [-0.25, -0.2) is 0 Å². The topological polar surface area (TPSA) is 49.4 Å². The van der Waals surface area contributed by atoms with Gasteiger partial charge in [-0.2, -0.15) is 0 Å². The van der Waals surface area contributed by atoms with Gasteiger partial charge in [-0.05, 0) is 59.2 Å². The van der Waals surface area contributed by atoms with E-state index < -0.39 is 0 Å². The number of aryl methyl sites for hydroxylation is 2. The third-order valence-electron chi connectivity index (χ3n) is 5.98. The molecule has 2 aliphatic rings. The first-order chi connectivity index (χ1) is 14.7. The van der Waals surface area contributed by atoms with Gasteiger partial charge in [0.2, 0.25) is 11.8 Å². The molecule has 0 saturated heterocycles. The Bertz CT molecular complexity index is 1090. The van der Waals surface area contributed by atoms with Gasteiger partial charge >= 0.3 is 0 Å². The van der Waals surface area contributed by atoms with Crippen LogP contribution in [0.2, 0.25) is 0 Å². The SMILES string of the molecule is O=C(Cc1ccc(-c2ccccc2)cc1)Nc1cc2c3c(c1)CCC(=O)N3CCC2. The fourth-order valence-corrected chi connectivity index (χ4v) is 4.56. The van der Waals surface area contributed by atoms with Crippen molar-refractivity contribution in [2.24, 2.45) is 0 Å². The third kappa shape index (κ3) is 3.61. The number of nitrogens with zero attached hydrogens (tertiary/aromatic N) is 1. The molecule has 0 fully saturated rings. The summed E-state index contributed by atoms with van der Waals surface area (Å²) in [4.78, 5) is 26.8. The van der Waals surface area contributed by atoms with Gasteiger partial charge in [-0.3, -0.25) is 9.59 Å². The largest absolute Gasteiger partial charge is 0.326 e. The van der Waals surface area contributed by atoms with Gasteiger partial charge in [0.05, 0.1) is 12.1 Å². The molecule has 2 amide bonds. The second-order valence-electron chi connectivity index (χ2n) is 8.08. The standard InChI is InChI=1S/C26H24N2O2/c29-24(15-18-8-10-20(11-9-18)19-5-2-1-3-6-19)27-23-16-21-7-4-14-28-25(30)13-12-22(17-23)26(21)28/h1-3,5-6,8-11,16-17H,4,7,12-15H2,(H,27,29). The van der Waals surface area contributed by atoms with Crippen LogP contribution in [-0.2, 0) is 28.9 Å². The van der Waals surface area contributed by atoms with Crippen molar-refractivity contribution in [1.29, 1.82) is 0 Å². The second kappa shape index (κ2) is 7.79. The van der Waals surface area contributed by atoms with Crippen LogP contribution in [0.15, 0.2) is 66.7 Å². The van der Waals surface area contributed by atoms with Gasteiger partial charge in [0, 0.05) is 18.7 Å². The van der Waals surface area contributed by atoms with Crippen LogP contribution in [0.3, 0.4) is 0 Å². The van der Waals surface area contributed by atoms with Gasteiger partial charge < -0.3 is 10.2 Å². The summed E-state index contributed by atoms with van der Waals surface area (Å²) in [5, 5.41) is 3.07. The average molecular weight is 396 g/mol. The van der Waals surface area contributed by atoms with Crippen LogP contribution in [0, 0.1) is 0 Å². The number of amides is 2. The molecule has 0 aromatic heterocycles. The van der Waals surface area contributed by atoms with E-state index in [0.717, 1.165) is 48.3 Å². The molecule has 0 atom stereocenters. The van der Waals surface area contributed by atoms with E-state index in [9.17, 15) is 9.59 Å². The summed E-state index contributed by atoms with van der Waals surface area (Å²) in [6, 6.07) is 22.5. The normalized spacial score (nSPS) is 14.9. The molecular formula is C26H24N2O2. The van der Waals surface area contributed by atoms with E-state index in [2.05, 4.69) is 29.6 Å². The molecular weight excluding hydrogens is 372 g/mol. The lowest BCUT2D eigenvalue weighted by Gasteiger charge is -2.35. The monoisotopic (exact) mass is 396 g/mol. The number of rotatable bonds is 4. The summed E-state index contributed by atoms with van der Waals surface area (Å²) in [7, 11) is 0. The number of anilines is 2. The molecule has 0 aliphatic carbocycles. The van der Waals surface area contributed by atoms with Crippen molar-refractivity contribution in [3.05, 3.63) is 83.4 Å². The first-order valence-electron chi connectivity index (χ1n) is 10.6. The number of carbonyl (C=O) groups is 2. The highest BCUT2D eigenvalue weighted by Gasteiger charge is 2.29. The molecule has 0 unspecified atom stereocenters. The average Bonchev–Trinajstić information content (AvgIpc) is 2.77. The molecule has 0 bridgehead atoms. The number of carbonyl (C=O) groups excluding carboxylic acids is 2. The maximum atomic E-state index is 12.7. The lowest BCUT2D eigenvalue weighted by atomic mass is 9.91. The molecule has 3 aromatic rings. The van der Waals surface area contributed by atoms with Crippen molar-refractivity contribution in [2.45, 2.75) is 32.1 Å². The zero-order chi connectivity index (χ0) is 20.5. The summed E-state index contributed by atoms with van der Waals surface area (Å²) >= 11 is 0. The second-order valence-corrected chi connectivity index (χ2v) is 8.08. The molecule has 3 aromatic carbocycles. The van der Waals surface area contributed by atoms with E-state index in [-0.39, 0.29) is 11.8 Å². The summed E-state index contributed by atoms with van der Waals surface area (Å²) in [6.07, 6.45) is 3.58. The van der Waals surface area contributed by atoms with E-state index >= 15 is 0 Å². The van der Waals surface area contributed by atoms with Gasteiger partial charge in [-0.1, -0.05) is 54.6 Å². The van der Waals surface area contributed by atoms with Crippen molar-refractivity contribution in [3.63, 3.8) is 0 Å². The molecule has 0 radical (unpaired) electrons. The summed E-state index contributed by atoms with van der Waals surface area (Å²) in [5.74, 6) is 0.202. The van der Waals surface area contributed by atoms with E-state index in [1.807, 2.05) is 47.4 Å². The van der Waals surface area contributed by atoms with Gasteiger partial charge in [0.15, 0.2) is 0 Å². The highest BCUT2D eigenvalue weighted by Crippen LogP contribution is 2.37. The first kappa shape index (κ1) is 18.6. The van der Waals surface area contributed by atoms with Gasteiger partial charge in [0.25, 0.3) is 0 Å². The van der Waals surface area contributed by atoms with E-state index in [1.165, 1.54) is 16.7 Å². The lowest BCUT2D eigenvalue weighted by molar-refractivity contribution is -0.119. The zero-order valence-corrected chi connectivity index (χ0v) is 16.9. The minimum atomic E-state index is -0.0193. The van der Waals surface area contributed by atoms with Crippen molar-refractivity contribution >= 4 is 23.2 Å². The summed E-state index contributed by atoms with van der Waals surface area (Å²) < 4.78 is 0. The van der Waals surface area contributed by atoms with Crippen LogP contribution in [0.4, 0.5) is 11.4 Å². The Balaban J connectivity index is 1.30. The summed E-state index contributed by atoms with van der Waals surface area (Å²) in [5.41, 5.74) is 7.58. The predicted molar refractivity (Wildman–Crippen MR) is 120 cm³/mol. The smallest absolute Gasteiger partial charge is 0.228 e. The Morgan fingerprint density at radius 1 is 0.867 bits per heavy atom. The molecule has 1 N–H and O–H groups in total. The number of hydrogen-bond acceptors (Lipinski definition) is 2. The Morgan fingerprint density at radius 2 is 1.57 bits per heavy atom. The lowest BCUT2D eigenvalue weighted by Crippen LogP contribution is -2.39. The predicted octanol–water partition coefficient (Wildman–Crippen LogP) is 4.76. The fraction of sp³-hybridized carbons (Fsp3) is 0.231. The van der Waals surface area contributed by atoms with Crippen molar-refractivity contribution in [1.82, 2.24) is 0 Å². The Kier molecular flexibility index (Phi) is 4.83. The molecule has 4 heteroatoms. The summed E-state index contributed by atoms with van der Waals surface area (Å²) in [6.45, 7) is 0.809. The van der Waals surface area contributed by atoms with Crippen molar-refractivity contribution in [3.8, 4) is 11.1 Å². The first-order valence-corrected chi connectivity index (χ1v) is 10.6. The van der Waals surface area contributed by atoms with Crippen LogP contribution < -0.4 is 10.2 Å². The van der Waals surface area contributed by atoms with E-state index in [1.54, 1.807) is 0 Å². The molecule has 150 valence electrons. The number of nitrogens with one attached hydrogen (secondary N) is 1. The number of benzene rings is 3. The van der Waals surface area contributed by atoms with Crippen LogP contribution >= 0.6 is 0 Å². The van der Waals surface area contributed by atoms with Crippen molar-refractivity contribution < 1.29 is 9.59 Å². The quantitative estimate of drug-likeness (QED) is 0.691. The molecule has 4 nitrogen and oxygen atoms in total. The number of hydrogen-bond donors (Lipinski definition) is 1. The van der Waals surface area contributed by atoms with Crippen LogP contribution in [-0.4, -0.2) is 18.4 Å². The Labute approximate surface area is 176 Å². The van der Waals surface area contributed by atoms with Crippen LogP contribution in [0.1, 0.15) is 29.5 Å². The molecule has 30 heavy (non-hydrogen) atoms. The molecule has 2 heterocycles. The molecule has 2 aliphatic heterocycles. The van der Waals surface area contributed by atoms with Crippen LogP contribution in [0.5, 0.6) is 0 Å². The molecule has 0 saturated carbocycles. The van der Waals surface area contributed by atoms with Crippen LogP contribution in [0.25, 0.3) is 11.1 Å². The Hall–Kier alpha value is -3.40. The maximum absolute atomic E-state index is 12.7. The van der Waals surface area contributed by atoms with Gasteiger partial charge in [0.1, 0.15) is 0 Å². The maximum Gasteiger partial charge on any atom is 0.228 e. The minimum Gasteiger partial charge on any atom is -0.326 e. The fourth-order valence-electron chi connectivity index (χ4n) is 4.56. The van der Waals surface area contributed by atoms with E-state index in [4.69, 9.17) is 0 Å². The molecule has 0 spiro atoms.